The van der Waals surface area contributed by atoms with Gasteiger partial charge in [-0.05, 0) is 30.8 Å². The van der Waals surface area contributed by atoms with Crippen molar-refractivity contribution in [1.29, 1.82) is 0 Å². The van der Waals surface area contributed by atoms with Crippen LogP contribution >= 0.6 is 0 Å². The van der Waals surface area contributed by atoms with Crippen molar-refractivity contribution in [2.75, 3.05) is 21.3 Å². The zero-order valence-corrected chi connectivity index (χ0v) is 14.7. The minimum Gasteiger partial charge on any atom is -0.385 e. The highest BCUT2D eigenvalue weighted by atomic mass is 16.5. The highest BCUT2D eigenvalue weighted by molar-refractivity contribution is 5.36. The number of allylic oxidation sites excluding steroid dienone is 2. The van der Waals surface area contributed by atoms with Crippen LogP contribution in [-0.4, -0.2) is 50.3 Å². The molecule has 8 atom stereocenters. The third-order valence-electron chi connectivity index (χ3n) is 6.74. The normalized spacial score (nSPS) is 49.3. The topological polar surface area (TPSA) is 47.9 Å². The Balaban J connectivity index is 1.74. The summed E-state index contributed by atoms with van der Waals surface area (Å²) >= 11 is 0. The van der Waals surface area contributed by atoms with Crippen LogP contribution in [0.1, 0.15) is 19.3 Å². The fourth-order valence-electron chi connectivity index (χ4n) is 5.74. The maximum atomic E-state index is 11.8. The summed E-state index contributed by atoms with van der Waals surface area (Å²) in [5.74, 6) is 0.944. The van der Waals surface area contributed by atoms with Crippen LogP contribution < -0.4 is 0 Å². The number of hydrogen-bond acceptors (Lipinski definition) is 4. The summed E-state index contributed by atoms with van der Waals surface area (Å²) < 4.78 is 17.2. The van der Waals surface area contributed by atoms with Crippen LogP contribution in [-0.2, 0) is 14.2 Å². The molecule has 5 aliphatic carbocycles. The summed E-state index contributed by atoms with van der Waals surface area (Å²) in [7, 11) is 5.28. The van der Waals surface area contributed by atoms with Crippen molar-refractivity contribution >= 4 is 0 Å². The van der Waals surface area contributed by atoms with Crippen LogP contribution in [0, 0.1) is 23.7 Å². The van der Waals surface area contributed by atoms with E-state index in [0.717, 1.165) is 24.8 Å². The van der Waals surface area contributed by atoms with E-state index in [1.165, 1.54) is 0 Å². The zero-order chi connectivity index (χ0) is 16.9. The predicted molar refractivity (Wildman–Crippen MR) is 91.5 cm³/mol. The summed E-state index contributed by atoms with van der Waals surface area (Å²) in [6.45, 7) is 0. The molecule has 132 valence electrons. The van der Waals surface area contributed by atoms with Crippen molar-refractivity contribution in [3.8, 4) is 0 Å². The van der Waals surface area contributed by atoms with E-state index in [4.69, 9.17) is 14.2 Å². The standard InChI is InChI=1S/C20H28O4/c1-22-15-6-4-5-13(15)20(21)11-12-7-8-14(20)19-17(24-3)10-9-16(23-2)18(12)19/h5,7-10,12,14-19,21H,4,6,11H2,1-3H3/t12-,14+,15+,16-,17+,18?,19?,20?/m1/s1. The van der Waals surface area contributed by atoms with Crippen molar-refractivity contribution in [3.05, 3.63) is 36.0 Å². The maximum Gasteiger partial charge on any atom is 0.0953 e. The van der Waals surface area contributed by atoms with E-state index in [1.54, 1.807) is 21.3 Å². The van der Waals surface area contributed by atoms with E-state index in [9.17, 15) is 5.11 Å². The highest BCUT2D eigenvalue weighted by Crippen LogP contribution is 2.58. The minimum atomic E-state index is -0.821. The molecule has 1 saturated carbocycles. The van der Waals surface area contributed by atoms with Gasteiger partial charge in [-0.15, -0.1) is 0 Å². The molecular weight excluding hydrogens is 304 g/mol. The largest absolute Gasteiger partial charge is 0.385 e. The summed E-state index contributed by atoms with van der Waals surface area (Å²) in [4.78, 5) is 0. The third kappa shape index (κ3) is 2.20. The fourth-order valence-corrected chi connectivity index (χ4v) is 5.74. The Bertz CT molecular complexity index is 580. The lowest BCUT2D eigenvalue weighted by Gasteiger charge is -2.58. The van der Waals surface area contributed by atoms with Crippen molar-refractivity contribution in [2.45, 2.75) is 43.2 Å². The Hall–Kier alpha value is -0.940. The van der Waals surface area contributed by atoms with Gasteiger partial charge in [-0.1, -0.05) is 30.4 Å². The van der Waals surface area contributed by atoms with Gasteiger partial charge in [-0.2, -0.15) is 0 Å². The zero-order valence-electron chi connectivity index (χ0n) is 14.7. The quantitative estimate of drug-likeness (QED) is 0.804. The second-order valence-corrected chi connectivity index (χ2v) is 7.60. The van der Waals surface area contributed by atoms with Crippen LogP contribution in [0.3, 0.4) is 0 Å². The molecule has 0 heterocycles. The van der Waals surface area contributed by atoms with Gasteiger partial charge in [-0.3, -0.25) is 0 Å². The summed E-state index contributed by atoms with van der Waals surface area (Å²) in [6, 6.07) is 0. The number of ether oxygens (including phenoxy) is 3. The Morgan fingerprint density at radius 3 is 2.33 bits per heavy atom. The van der Waals surface area contributed by atoms with Gasteiger partial charge in [0.15, 0.2) is 0 Å². The van der Waals surface area contributed by atoms with E-state index in [1.807, 2.05) is 0 Å². The number of rotatable bonds is 4. The Morgan fingerprint density at radius 1 is 0.958 bits per heavy atom. The van der Waals surface area contributed by atoms with Gasteiger partial charge >= 0.3 is 0 Å². The van der Waals surface area contributed by atoms with Crippen LogP contribution in [0.5, 0.6) is 0 Å². The maximum absolute atomic E-state index is 11.8. The minimum absolute atomic E-state index is 0.0219. The predicted octanol–water partition coefficient (Wildman–Crippen LogP) is 2.49. The molecule has 5 rings (SSSR count). The lowest BCUT2D eigenvalue weighted by molar-refractivity contribution is -0.141. The molecule has 4 nitrogen and oxygen atoms in total. The molecule has 5 aliphatic rings. The first kappa shape index (κ1) is 16.5. The molecule has 3 unspecified atom stereocenters. The lowest BCUT2D eigenvalue weighted by Crippen LogP contribution is -2.61. The van der Waals surface area contributed by atoms with Crippen LogP contribution in [0.25, 0.3) is 0 Å². The average molecular weight is 332 g/mol. The highest BCUT2D eigenvalue weighted by Gasteiger charge is 2.60. The first-order valence-electron chi connectivity index (χ1n) is 9.02. The van der Waals surface area contributed by atoms with Crippen molar-refractivity contribution in [3.63, 3.8) is 0 Å². The number of fused-ring (bicyclic) bond motifs is 1. The molecule has 0 saturated heterocycles. The third-order valence-corrected chi connectivity index (χ3v) is 6.74. The second kappa shape index (κ2) is 6.10. The molecule has 0 spiro atoms. The molecule has 0 radical (unpaired) electrons. The fraction of sp³-hybridized carbons (Fsp3) is 0.700. The van der Waals surface area contributed by atoms with Crippen LogP contribution in [0.2, 0.25) is 0 Å². The van der Waals surface area contributed by atoms with Gasteiger partial charge in [0.2, 0.25) is 0 Å². The van der Waals surface area contributed by atoms with Gasteiger partial charge in [-0.25, -0.2) is 0 Å². The van der Waals surface area contributed by atoms with E-state index < -0.39 is 5.60 Å². The monoisotopic (exact) mass is 332 g/mol. The molecule has 0 aliphatic heterocycles. The first-order valence-corrected chi connectivity index (χ1v) is 9.02. The number of aliphatic hydroxyl groups is 1. The van der Waals surface area contributed by atoms with Gasteiger partial charge in [0.1, 0.15) is 0 Å². The van der Waals surface area contributed by atoms with Crippen molar-refractivity contribution < 1.29 is 19.3 Å². The number of methoxy groups -OCH3 is 3. The number of hydrogen-bond donors (Lipinski definition) is 1. The van der Waals surface area contributed by atoms with E-state index >= 15 is 0 Å². The molecule has 4 heteroatoms. The molecule has 0 amide bonds. The summed E-state index contributed by atoms with van der Waals surface area (Å²) in [5.41, 5.74) is 0.263. The van der Waals surface area contributed by atoms with Gasteiger partial charge in [0.25, 0.3) is 0 Å². The SMILES string of the molecule is CO[C@H]1CCC=C1C1(O)C[C@H]2C=C[C@H]1C1C2[C@H](OC)C=C[C@@H]1OC. The summed E-state index contributed by atoms with van der Waals surface area (Å²) in [5, 5.41) is 11.8. The molecule has 1 N–H and O–H groups in total. The van der Waals surface area contributed by atoms with Gasteiger partial charge in [0, 0.05) is 39.1 Å². The van der Waals surface area contributed by atoms with E-state index in [-0.39, 0.29) is 30.1 Å². The Labute approximate surface area is 144 Å². The Kier molecular flexibility index (Phi) is 4.20. The molecule has 24 heavy (non-hydrogen) atoms. The average Bonchev–Trinajstić information content (AvgIpc) is 3.10. The van der Waals surface area contributed by atoms with E-state index in [0.29, 0.717) is 11.8 Å². The molecule has 2 bridgehead atoms. The van der Waals surface area contributed by atoms with E-state index in [2.05, 4.69) is 30.4 Å². The van der Waals surface area contributed by atoms with Crippen LogP contribution in [0.15, 0.2) is 36.0 Å². The van der Waals surface area contributed by atoms with Gasteiger partial charge < -0.3 is 19.3 Å². The smallest absolute Gasteiger partial charge is 0.0953 e. The molecule has 0 aromatic carbocycles. The Morgan fingerprint density at radius 2 is 1.67 bits per heavy atom. The second-order valence-electron chi connectivity index (χ2n) is 7.60. The first-order chi connectivity index (χ1) is 11.6. The molecular formula is C20H28O4. The van der Waals surface area contributed by atoms with Crippen molar-refractivity contribution in [2.24, 2.45) is 23.7 Å². The molecule has 0 aromatic rings. The molecule has 1 fully saturated rings. The van der Waals surface area contributed by atoms with Crippen LogP contribution in [0.4, 0.5) is 0 Å². The lowest BCUT2D eigenvalue weighted by atomic mass is 9.50. The summed E-state index contributed by atoms with van der Waals surface area (Å²) in [6.07, 6.45) is 13.8. The van der Waals surface area contributed by atoms with Gasteiger partial charge in [0.05, 0.1) is 23.9 Å². The van der Waals surface area contributed by atoms with Crippen molar-refractivity contribution in [1.82, 2.24) is 0 Å². The molecule has 0 aromatic heterocycles.